The van der Waals surface area contributed by atoms with Crippen LogP contribution in [0.1, 0.15) is 5.56 Å². The van der Waals surface area contributed by atoms with Crippen LogP contribution in [0.3, 0.4) is 0 Å². The molecule has 1 aromatic heterocycles. The number of pyridine rings is 1. The standard InChI is InChI=1S/C17H12ClN3O2/c1-22-17-8-15-12(6-10(17)9-19)16(4-5-21-15)23-11-2-3-14(20)13(18)7-11/h2-8H,20H2,1H3. The predicted octanol–water partition coefficient (Wildman–Crippen LogP) is 4.14. The van der Waals surface area contributed by atoms with Crippen LogP contribution in [0.5, 0.6) is 17.2 Å². The fourth-order valence-corrected chi connectivity index (χ4v) is 2.36. The molecule has 0 aliphatic rings. The lowest BCUT2D eigenvalue weighted by atomic mass is 10.1. The molecule has 3 rings (SSSR count). The van der Waals surface area contributed by atoms with Crippen LogP contribution >= 0.6 is 11.6 Å². The Hall–Kier alpha value is -2.97. The molecule has 0 fully saturated rings. The summed E-state index contributed by atoms with van der Waals surface area (Å²) in [6.07, 6.45) is 1.63. The number of benzene rings is 2. The van der Waals surface area contributed by atoms with Crippen LogP contribution < -0.4 is 15.2 Å². The number of nitrogens with zero attached hydrogens (tertiary/aromatic N) is 2. The lowest BCUT2D eigenvalue weighted by Crippen LogP contribution is -1.93. The third-order valence-electron chi connectivity index (χ3n) is 3.34. The second-order valence-electron chi connectivity index (χ2n) is 4.78. The van der Waals surface area contributed by atoms with Crippen LogP contribution in [0.2, 0.25) is 5.02 Å². The summed E-state index contributed by atoms with van der Waals surface area (Å²) in [7, 11) is 1.51. The molecule has 114 valence electrons. The van der Waals surface area contributed by atoms with Crippen LogP contribution in [0.4, 0.5) is 5.69 Å². The largest absolute Gasteiger partial charge is 0.495 e. The number of aromatic nitrogens is 1. The Kier molecular flexibility index (Phi) is 3.92. The third kappa shape index (κ3) is 2.85. The maximum atomic E-state index is 9.23. The van der Waals surface area contributed by atoms with Gasteiger partial charge in [-0.2, -0.15) is 5.26 Å². The number of rotatable bonds is 3. The van der Waals surface area contributed by atoms with Gasteiger partial charge in [-0.05, 0) is 24.3 Å². The summed E-state index contributed by atoms with van der Waals surface area (Å²) in [5.41, 5.74) is 7.25. The van der Waals surface area contributed by atoms with Crippen LogP contribution in [0, 0.1) is 11.3 Å². The fraction of sp³-hybridized carbons (Fsp3) is 0.0588. The van der Waals surface area contributed by atoms with Crippen molar-refractivity contribution in [1.29, 1.82) is 5.26 Å². The number of hydrogen-bond donors (Lipinski definition) is 1. The van der Waals surface area contributed by atoms with Gasteiger partial charge in [0.1, 0.15) is 23.3 Å². The number of anilines is 1. The van der Waals surface area contributed by atoms with Crippen molar-refractivity contribution in [1.82, 2.24) is 4.98 Å². The van der Waals surface area contributed by atoms with E-state index in [0.717, 1.165) is 0 Å². The summed E-state index contributed by atoms with van der Waals surface area (Å²) in [4.78, 5) is 4.28. The average Bonchev–Trinajstić information content (AvgIpc) is 2.57. The average molecular weight is 326 g/mol. The van der Waals surface area contributed by atoms with Gasteiger partial charge < -0.3 is 15.2 Å². The SMILES string of the molecule is COc1cc2nccc(Oc3ccc(N)c(Cl)c3)c2cc1C#N. The van der Waals surface area contributed by atoms with Crippen molar-refractivity contribution in [3.05, 3.63) is 53.2 Å². The van der Waals surface area contributed by atoms with Gasteiger partial charge in [0.2, 0.25) is 0 Å². The molecule has 6 heteroatoms. The van der Waals surface area contributed by atoms with Crippen molar-refractivity contribution >= 4 is 28.2 Å². The van der Waals surface area contributed by atoms with Crippen LogP contribution in [0.15, 0.2) is 42.6 Å². The van der Waals surface area contributed by atoms with Gasteiger partial charge in [-0.1, -0.05) is 11.6 Å². The minimum Gasteiger partial charge on any atom is -0.495 e. The lowest BCUT2D eigenvalue weighted by molar-refractivity contribution is 0.414. The first-order valence-corrected chi connectivity index (χ1v) is 7.10. The minimum absolute atomic E-state index is 0.410. The van der Waals surface area contributed by atoms with Gasteiger partial charge in [0, 0.05) is 23.7 Å². The second kappa shape index (κ2) is 6.03. The van der Waals surface area contributed by atoms with E-state index in [2.05, 4.69) is 11.1 Å². The Morgan fingerprint density at radius 3 is 2.70 bits per heavy atom. The Morgan fingerprint density at radius 1 is 1.17 bits per heavy atom. The summed E-state index contributed by atoms with van der Waals surface area (Å²) in [5.74, 6) is 1.58. The first-order valence-electron chi connectivity index (χ1n) is 6.72. The highest BCUT2D eigenvalue weighted by Gasteiger charge is 2.11. The van der Waals surface area contributed by atoms with Crippen molar-refractivity contribution in [3.63, 3.8) is 0 Å². The minimum atomic E-state index is 0.410. The normalized spacial score (nSPS) is 10.3. The number of nitrogens with two attached hydrogens (primary N) is 1. The van der Waals surface area contributed by atoms with Gasteiger partial charge in [0.05, 0.1) is 28.9 Å². The Labute approximate surface area is 137 Å². The molecule has 0 aliphatic heterocycles. The van der Waals surface area contributed by atoms with Gasteiger partial charge in [0.25, 0.3) is 0 Å². The molecule has 0 radical (unpaired) electrons. The van der Waals surface area contributed by atoms with Crippen molar-refractivity contribution in [2.75, 3.05) is 12.8 Å². The fourth-order valence-electron chi connectivity index (χ4n) is 2.19. The van der Waals surface area contributed by atoms with Crippen molar-refractivity contribution < 1.29 is 9.47 Å². The smallest absolute Gasteiger partial charge is 0.138 e. The molecule has 2 aromatic carbocycles. The monoisotopic (exact) mass is 325 g/mol. The molecular weight excluding hydrogens is 314 g/mol. The Morgan fingerprint density at radius 2 is 2.00 bits per heavy atom. The van der Waals surface area contributed by atoms with Crippen molar-refractivity contribution in [2.45, 2.75) is 0 Å². The maximum Gasteiger partial charge on any atom is 0.138 e. The van der Waals surface area contributed by atoms with E-state index < -0.39 is 0 Å². The van der Waals surface area contributed by atoms with E-state index >= 15 is 0 Å². The Bertz CT molecular complexity index is 935. The summed E-state index contributed by atoms with van der Waals surface area (Å²) >= 11 is 6.01. The molecule has 0 aliphatic carbocycles. The lowest BCUT2D eigenvalue weighted by Gasteiger charge is -2.11. The number of fused-ring (bicyclic) bond motifs is 1. The van der Waals surface area contributed by atoms with Gasteiger partial charge in [0.15, 0.2) is 0 Å². The quantitative estimate of drug-likeness (QED) is 0.732. The maximum absolute atomic E-state index is 9.23. The van der Waals surface area contributed by atoms with Crippen LogP contribution in [0.25, 0.3) is 10.9 Å². The summed E-state index contributed by atoms with van der Waals surface area (Å²) in [5, 5.41) is 10.4. The summed E-state index contributed by atoms with van der Waals surface area (Å²) in [6, 6.07) is 12.3. The molecule has 23 heavy (non-hydrogen) atoms. The molecule has 0 bridgehead atoms. The molecule has 3 aromatic rings. The number of nitriles is 1. The number of halogens is 1. The summed E-state index contributed by atoms with van der Waals surface area (Å²) in [6.45, 7) is 0. The van der Waals surface area contributed by atoms with E-state index in [-0.39, 0.29) is 0 Å². The molecular formula is C17H12ClN3O2. The van der Waals surface area contributed by atoms with Crippen LogP contribution in [-0.2, 0) is 0 Å². The molecule has 0 saturated carbocycles. The van der Waals surface area contributed by atoms with Gasteiger partial charge in [-0.15, -0.1) is 0 Å². The molecule has 0 amide bonds. The highest BCUT2D eigenvalue weighted by atomic mass is 35.5. The zero-order chi connectivity index (χ0) is 16.4. The molecule has 0 atom stereocenters. The van der Waals surface area contributed by atoms with Gasteiger partial charge >= 0.3 is 0 Å². The molecule has 5 nitrogen and oxygen atoms in total. The van der Waals surface area contributed by atoms with E-state index in [1.54, 1.807) is 42.6 Å². The molecule has 0 saturated heterocycles. The predicted molar refractivity (Wildman–Crippen MR) is 88.9 cm³/mol. The van der Waals surface area contributed by atoms with Crippen molar-refractivity contribution in [2.24, 2.45) is 0 Å². The van der Waals surface area contributed by atoms with Gasteiger partial charge in [-0.3, -0.25) is 4.98 Å². The first-order chi connectivity index (χ1) is 11.1. The molecule has 1 heterocycles. The number of ether oxygens (including phenoxy) is 2. The van der Waals surface area contributed by atoms with E-state index in [1.807, 2.05) is 0 Å². The van der Waals surface area contributed by atoms with E-state index in [1.165, 1.54) is 7.11 Å². The molecule has 2 N–H and O–H groups in total. The van der Waals surface area contributed by atoms with Crippen LogP contribution in [-0.4, -0.2) is 12.1 Å². The van der Waals surface area contributed by atoms with Gasteiger partial charge in [-0.25, -0.2) is 0 Å². The second-order valence-corrected chi connectivity index (χ2v) is 5.18. The highest BCUT2D eigenvalue weighted by molar-refractivity contribution is 6.33. The van der Waals surface area contributed by atoms with E-state index in [9.17, 15) is 5.26 Å². The number of methoxy groups -OCH3 is 1. The van der Waals surface area contributed by atoms with E-state index in [0.29, 0.717) is 44.4 Å². The summed E-state index contributed by atoms with van der Waals surface area (Å²) < 4.78 is 11.1. The topological polar surface area (TPSA) is 81.2 Å². The number of nitrogen functional groups attached to an aromatic ring is 1. The Balaban J connectivity index is 2.10. The van der Waals surface area contributed by atoms with E-state index in [4.69, 9.17) is 26.8 Å². The third-order valence-corrected chi connectivity index (χ3v) is 3.67. The zero-order valence-corrected chi connectivity index (χ0v) is 13.0. The van der Waals surface area contributed by atoms with Crippen molar-refractivity contribution in [3.8, 4) is 23.3 Å². The number of hydrogen-bond acceptors (Lipinski definition) is 5. The first kappa shape index (κ1) is 14.9. The molecule has 0 unspecified atom stereocenters. The highest BCUT2D eigenvalue weighted by Crippen LogP contribution is 2.34. The zero-order valence-electron chi connectivity index (χ0n) is 12.2. The molecule has 0 spiro atoms.